The molecule has 0 aliphatic heterocycles. The maximum atomic E-state index is 12.8. The number of aromatic nitrogens is 4. The van der Waals surface area contributed by atoms with Gasteiger partial charge in [0.1, 0.15) is 22.8 Å². The Bertz CT molecular complexity index is 1140. The van der Waals surface area contributed by atoms with E-state index >= 15 is 0 Å². The minimum Gasteiger partial charge on any atom is -0.495 e. The van der Waals surface area contributed by atoms with Crippen molar-refractivity contribution < 1.29 is 14.3 Å². The van der Waals surface area contributed by atoms with E-state index in [1.807, 2.05) is 32.0 Å². The van der Waals surface area contributed by atoms with Gasteiger partial charge in [0.25, 0.3) is 5.91 Å². The van der Waals surface area contributed by atoms with E-state index in [2.05, 4.69) is 20.6 Å². The molecule has 0 saturated carbocycles. The summed E-state index contributed by atoms with van der Waals surface area (Å²) in [5.41, 5.74) is 1.89. The van der Waals surface area contributed by atoms with E-state index in [1.165, 1.54) is 11.3 Å². The minimum absolute atomic E-state index is 0.0275. The Hall–Kier alpha value is -3.46. The van der Waals surface area contributed by atoms with Gasteiger partial charge in [-0.2, -0.15) is 9.61 Å². The molecule has 0 bridgehead atoms. The molecule has 148 valence electrons. The molecule has 0 atom stereocenters. The lowest BCUT2D eigenvalue weighted by Gasteiger charge is -2.13. The Morgan fingerprint density at radius 2 is 2.07 bits per heavy atom. The van der Waals surface area contributed by atoms with Crippen LogP contribution >= 0.6 is 11.3 Å². The van der Waals surface area contributed by atoms with Crippen molar-refractivity contribution in [3.8, 4) is 22.1 Å². The number of carbonyl (C=O) groups excluding carboxylic acids is 1. The first kappa shape index (κ1) is 18.9. The molecule has 1 amide bonds. The van der Waals surface area contributed by atoms with E-state index in [0.29, 0.717) is 27.7 Å². The number of hydrogen-bond donors (Lipinski definition) is 1. The van der Waals surface area contributed by atoms with E-state index in [4.69, 9.17) is 9.47 Å². The van der Waals surface area contributed by atoms with Crippen molar-refractivity contribution in [2.45, 2.75) is 20.0 Å². The van der Waals surface area contributed by atoms with Crippen LogP contribution in [0, 0.1) is 0 Å². The van der Waals surface area contributed by atoms with Gasteiger partial charge in [-0.15, -0.1) is 10.2 Å². The lowest BCUT2D eigenvalue weighted by atomic mass is 10.1. The van der Waals surface area contributed by atoms with Gasteiger partial charge in [0, 0.05) is 11.1 Å². The number of nitrogens with one attached hydrogen (secondary N) is 1. The van der Waals surface area contributed by atoms with Crippen LogP contribution in [0.4, 0.5) is 5.69 Å². The number of ether oxygens (including phenoxy) is 2. The third kappa shape index (κ3) is 4.04. The second kappa shape index (κ2) is 7.88. The van der Waals surface area contributed by atoms with E-state index in [-0.39, 0.29) is 12.0 Å². The number of fused-ring (bicyclic) bond motifs is 1. The summed E-state index contributed by atoms with van der Waals surface area (Å²) in [6.07, 6.45) is 1.58. The number of methoxy groups -OCH3 is 1. The summed E-state index contributed by atoms with van der Waals surface area (Å²) in [6, 6.07) is 12.6. The average molecular weight is 409 g/mol. The highest BCUT2D eigenvalue weighted by atomic mass is 32.1. The number of hydrogen-bond acceptors (Lipinski definition) is 7. The van der Waals surface area contributed by atoms with Crippen LogP contribution in [-0.2, 0) is 0 Å². The van der Waals surface area contributed by atoms with Crippen LogP contribution in [0.15, 0.2) is 48.8 Å². The van der Waals surface area contributed by atoms with Crippen LogP contribution < -0.4 is 14.8 Å². The monoisotopic (exact) mass is 409 g/mol. The summed E-state index contributed by atoms with van der Waals surface area (Å²) >= 11 is 1.41. The van der Waals surface area contributed by atoms with Crippen molar-refractivity contribution in [3.63, 3.8) is 0 Å². The number of benzene rings is 2. The topological polar surface area (TPSA) is 90.6 Å². The first-order valence-corrected chi connectivity index (χ1v) is 9.78. The molecule has 0 fully saturated rings. The molecule has 1 N–H and O–H groups in total. The Morgan fingerprint density at radius 3 is 2.83 bits per heavy atom. The lowest BCUT2D eigenvalue weighted by molar-refractivity contribution is 0.102. The Kier molecular flexibility index (Phi) is 5.13. The summed E-state index contributed by atoms with van der Waals surface area (Å²) in [5.74, 6) is 0.945. The molecule has 0 spiro atoms. The van der Waals surface area contributed by atoms with Gasteiger partial charge < -0.3 is 14.8 Å². The van der Waals surface area contributed by atoms with Crippen molar-refractivity contribution in [3.05, 3.63) is 54.4 Å². The van der Waals surface area contributed by atoms with Crippen molar-refractivity contribution in [2.75, 3.05) is 12.4 Å². The van der Waals surface area contributed by atoms with E-state index in [1.54, 1.807) is 42.2 Å². The van der Waals surface area contributed by atoms with Gasteiger partial charge in [-0.1, -0.05) is 17.4 Å². The molecule has 29 heavy (non-hydrogen) atoms. The SMILES string of the molecule is COc1ccc(-c2nn3cnnc3s2)cc1NC(=O)c1cccc(OC(C)C)c1. The second-order valence-electron chi connectivity index (χ2n) is 6.53. The summed E-state index contributed by atoms with van der Waals surface area (Å²) in [5, 5.41) is 16.0. The first-order valence-electron chi connectivity index (χ1n) is 8.97. The molecule has 8 nitrogen and oxygen atoms in total. The minimum atomic E-state index is -0.257. The largest absolute Gasteiger partial charge is 0.495 e. The number of rotatable bonds is 6. The second-order valence-corrected chi connectivity index (χ2v) is 7.48. The Balaban J connectivity index is 1.62. The summed E-state index contributed by atoms with van der Waals surface area (Å²) in [6.45, 7) is 3.88. The van der Waals surface area contributed by atoms with Crippen LogP contribution in [0.5, 0.6) is 11.5 Å². The number of anilines is 1. The van der Waals surface area contributed by atoms with Crippen LogP contribution in [0.3, 0.4) is 0 Å². The number of nitrogens with zero attached hydrogens (tertiary/aromatic N) is 4. The molecule has 4 rings (SSSR count). The molecule has 0 aliphatic rings. The molecule has 2 heterocycles. The molecular weight excluding hydrogens is 390 g/mol. The fourth-order valence-corrected chi connectivity index (χ4v) is 3.61. The molecular formula is C20H19N5O3S. The molecule has 2 aromatic heterocycles. The first-order chi connectivity index (χ1) is 14.0. The highest BCUT2D eigenvalue weighted by Crippen LogP contribution is 2.33. The van der Waals surface area contributed by atoms with Crippen molar-refractivity contribution >= 4 is 27.9 Å². The molecule has 0 saturated heterocycles. The number of amides is 1. The Labute approximate surface area is 171 Å². The van der Waals surface area contributed by atoms with Crippen LogP contribution in [-0.4, -0.2) is 38.9 Å². The average Bonchev–Trinajstić information content (AvgIpc) is 3.30. The highest BCUT2D eigenvalue weighted by molar-refractivity contribution is 7.19. The fourth-order valence-electron chi connectivity index (χ4n) is 2.79. The fraction of sp³-hybridized carbons (Fsp3) is 0.200. The smallest absolute Gasteiger partial charge is 0.255 e. The van der Waals surface area contributed by atoms with E-state index in [0.717, 1.165) is 10.6 Å². The normalized spacial score (nSPS) is 11.0. The van der Waals surface area contributed by atoms with Crippen LogP contribution in [0.1, 0.15) is 24.2 Å². The third-order valence-corrected chi connectivity index (χ3v) is 5.01. The zero-order chi connectivity index (χ0) is 20.4. The van der Waals surface area contributed by atoms with Gasteiger partial charge in [0.15, 0.2) is 0 Å². The van der Waals surface area contributed by atoms with Gasteiger partial charge in [0.2, 0.25) is 4.96 Å². The Morgan fingerprint density at radius 1 is 1.21 bits per heavy atom. The van der Waals surface area contributed by atoms with Gasteiger partial charge in [-0.25, -0.2) is 0 Å². The number of carbonyl (C=O) groups is 1. The van der Waals surface area contributed by atoms with Crippen LogP contribution in [0.25, 0.3) is 15.5 Å². The zero-order valence-electron chi connectivity index (χ0n) is 16.1. The molecule has 4 aromatic rings. The molecule has 9 heteroatoms. The van der Waals surface area contributed by atoms with Crippen LogP contribution in [0.2, 0.25) is 0 Å². The van der Waals surface area contributed by atoms with Gasteiger partial charge in [-0.3, -0.25) is 4.79 Å². The van der Waals surface area contributed by atoms with E-state index < -0.39 is 0 Å². The van der Waals surface area contributed by atoms with Gasteiger partial charge >= 0.3 is 0 Å². The third-order valence-electron chi connectivity index (χ3n) is 4.05. The summed E-state index contributed by atoms with van der Waals surface area (Å²) < 4.78 is 12.7. The molecule has 0 aliphatic carbocycles. The maximum absolute atomic E-state index is 12.8. The van der Waals surface area contributed by atoms with E-state index in [9.17, 15) is 4.79 Å². The molecule has 0 unspecified atom stereocenters. The predicted molar refractivity (Wildman–Crippen MR) is 111 cm³/mol. The van der Waals surface area contributed by atoms with Crippen molar-refractivity contribution in [1.82, 2.24) is 19.8 Å². The van der Waals surface area contributed by atoms with Gasteiger partial charge in [-0.05, 0) is 50.2 Å². The highest BCUT2D eigenvalue weighted by Gasteiger charge is 2.14. The summed E-state index contributed by atoms with van der Waals surface area (Å²) in [7, 11) is 1.56. The lowest BCUT2D eigenvalue weighted by Crippen LogP contribution is -2.13. The quantitative estimate of drug-likeness (QED) is 0.519. The predicted octanol–water partition coefficient (Wildman–Crippen LogP) is 3.90. The maximum Gasteiger partial charge on any atom is 0.255 e. The molecule has 2 aromatic carbocycles. The molecule has 0 radical (unpaired) electrons. The summed E-state index contributed by atoms with van der Waals surface area (Å²) in [4.78, 5) is 13.5. The van der Waals surface area contributed by atoms with Gasteiger partial charge in [0.05, 0.1) is 18.9 Å². The van der Waals surface area contributed by atoms with Crippen molar-refractivity contribution in [2.24, 2.45) is 0 Å². The van der Waals surface area contributed by atoms with Crippen molar-refractivity contribution in [1.29, 1.82) is 0 Å². The standard InChI is InChI=1S/C20H19N5O3S/c1-12(2)28-15-6-4-5-13(9-15)18(26)22-16-10-14(7-8-17(16)27-3)19-24-25-11-21-23-20(25)29-19/h4-12H,1-3H3,(H,22,26). The zero-order valence-corrected chi connectivity index (χ0v) is 16.9.